The van der Waals surface area contributed by atoms with Crippen molar-refractivity contribution in [1.29, 1.82) is 0 Å². The van der Waals surface area contributed by atoms with Gasteiger partial charge in [-0.25, -0.2) is 4.79 Å². The predicted molar refractivity (Wildman–Crippen MR) is 72.3 cm³/mol. The maximum atomic E-state index is 12.0. The zero-order chi connectivity index (χ0) is 14.7. The van der Waals surface area contributed by atoms with E-state index < -0.39 is 17.2 Å². The minimum absolute atomic E-state index is 0.0661. The molecule has 7 nitrogen and oxygen atoms in total. The van der Waals surface area contributed by atoms with Crippen molar-refractivity contribution in [3.8, 4) is 0 Å². The van der Waals surface area contributed by atoms with Gasteiger partial charge in [0.05, 0.1) is 0 Å². The summed E-state index contributed by atoms with van der Waals surface area (Å²) in [7, 11) is 2.83. The molecule has 0 saturated carbocycles. The fourth-order valence-corrected chi connectivity index (χ4v) is 1.74. The SMILES string of the molecule is Cn1cc(C(=O)NCc2ccncc2)c(=O)n(C)c1=O. The highest BCUT2D eigenvalue weighted by Crippen LogP contribution is 1.96. The second kappa shape index (κ2) is 5.52. The van der Waals surface area contributed by atoms with Gasteiger partial charge in [0.1, 0.15) is 5.56 Å². The Balaban J connectivity index is 2.23. The summed E-state index contributed by atoms with van der Waals surface area (Å²) in [6, 6.07) is 3.53. The van der Waals surface area contributed by atoms with Crippen LogP contribution in [-0.2, 0) is 20.6 Å². The summed E-state index contributed by atoms with van der Waals surface area (Å²) >= 11 is 0. The van der Waals surface area contributed by atoms with Crippen LogP contribution in [0.5, 0.6) is 0 Å². The number of rotatable bonds is 3. The Bertz CT molecular complexity index is 746. The predicted octanol–water partition coefficient (Wildman–Crippen LogP) is -0.591. The van der Waals surface area contributed by atoms with E-state index in [9.17, 15) is 14.4 Å². The van der Waals surface area contributed by atoms with Gasteiger partial charge >= 0.3 is 5.69 Å². The van der Waals surface area contributed by atoms with Crippen LogP contribution in [0.1, 0.15) is 15.9 Å². The van der Waals surface area contributed by atoms with Gasteiger partial charge in [-0.2, -0.15) is 0 Å². The Morgan fingerprint density at radius 1 is 1.25 bits per heavy atom. The number of carbonyl (C=O) groups excluding carboxylic acids is 1. The van der Waals surface area contributed by atoms with Gasteiger partial charge in [0.15, 0.2) is 0 Å². The summed E-state index contributed by atoms with van der Waals surface area (Å²) in [5.74, 6) is -0.516. The van der Waals surface area contributed by atoms with E-state index in [0.29, 0.717) is 0 Å². The van der Waals surface area contributed by atoms with E-state index in [2.05, 4.69) is 10.3 Å². The molecule has 0 radical (unpaired) electrons. The number of hydrogen-bond acceptors (Lipinski definition) is 4. The molecule has 1 N–H and O–H groups in total. The summed E-state index contributed by atoms with van der Waals surface area (Å²) in [5.41, 5.74) is -0.278. The van der Waals surface area contributed by atoms with Crippen molar-refractivity contribution in [2.75, 3.05) is 0 Å². The van der Waals surface area contributed by atoms with Crippen LogP contribution in [-0.4, -0.2) is 20.0 Å². The molecule has 0 aliphatic rings. The molecule has 0 aliphatic heterocycles. The number of pyridine rings is 1. The number of carbonyl (C=O) groups is 1. The number of hydrogen-bond donors (Lipinski definition) is 1. The van der Waals surface area contributed by atoms with Gasteiger partial charge in [0.2, 0.25) is 0 Å². The fourth-order valence-electron chi connectivity index (χ4n) is 1.74. The molecule has 0 unspecified atom stereocenters. The fraction of sp³-hybridized carbons (Fsp3) is 0.231. The zero-order valence-corrected chi connectivity index (χ0v) is 11.2. The summed E-state index contributed by atoms with van der Waals surface area (Å²) in [6.45, 7) is 0.285. The summed E-state index contributed by atoms with van der Waals surface area (Å²) in [6.07, 6.45) is 4.48. The lowest BCUT2D eigenvalue weighted by Crippen LogP contribution is -2.41. The van der Waals surface area contributed by atoms with Crippen LogP contribution in [0.15, 0.2) is 40.3 Å². The van der Waals surface area contributed by atoms with E-state index in [1.165, 1.54) is 24.9 Å². The Morgan fingerprint density at radius 3 is 2.55 bits per heavy atom. The highest BCUT2D eigenvalue weighted by molar-refractivity contribution is 5.93. The van der Waals surface area contributed by atoms with Crippen LogP contribution < -0.4 is 16.6 Å². The molecule has 7 heteroatoms. The third-order valence-electron chi connectivity index (χ3n) is 2.89. The van der Waals surface area contributed by atoms with Crippen LogP contribution >= 0.6 is 0 Å². The first-order chi connectivity index (χ1) is 9.50. The van der Waals surface area contributed by atoms with Crippen LogP contribution in [0, 0.1) is 0 Å². The van der Waals surface area contributed by atoms with Crippen molar-refractivity contribution < 1.29 is 4.79 Å². The van der Waals surface area contributed by atoms with Gasteiger partial charge < -0.3 is 9.88 Å². The molecular weight excluding hydrogens is 260 g/mol. The molecule has 0 atom stereocenters. The van der Waals surface area contributed by atoms with E-state index in [4.69, 9.17) is 0 Å². The smallest absolute Gasteiger partial charge is 0.330 e. The van der Waals surface area contributed by atoms with Gasteiger partial charge in [-0.3, -0.25) is 19.1 Å². The van der Waals surface area contributed by atoms with Crippen molar-refractivity contribution in [3.63, 3.8) is 0 Å². The molecular formula is C13H14N4O3. The first kappa shape index (κ1) is 13.7. The van der Waals surface area contributed by atoms with Crippen molar-refractivity contribution in [2.24, 2.45) is 14.1 Å². The van der Waals surface area contributed by atoms with Gasteiger partial charge in [0.25, 0.3) is 11.5 Å². The van der Waals surface area contributed by atoms with Gasteiger partial charge in [0, 0.05) is 39.2 Å². The Labute approximate surface area is 114 Å². The summed E-state index contributed by atoms with van der Waals surface area (Å²) < 4.78 is 2.10. The van der Waals surface area contributed by atoms with Crippen molar-refractivity contribution in [2.45, 2.75) is 6.54 Å². The van der Waals surface area contributed by atoms with E-state index in [0.717, 1.165) is 10.1 Å². The van der Waals surface area contributed by atoms with Crippen LogP contribution in [0.4, 0.5) is 0 Å². The standard InChI is InChI=1S/C13H14N4O3/c1-16-8-10(12(19)17(2)13(16)20)11(18)15-7-9-3-5-14-6-4-9/h3-6,8H,7H2,1-2H3,(H,15,18). The van der Waals surface area contributed by atoms with Gasteiger partial charge in [-0.15, -0.1) is 0 Å². The van der Waals surface area contributed by atoms with E-state index >= 15 is 0 Å². The van der Waals surface area contributed by atoms with Crippen LogP contribution in [0.2, 0.25) is 0 Å². The zero-order valence-electron chi connectivity index (χ0n) is 11.2. The average molecular weight is 274 g/mol. The molecule has 104 valence electrons. The molecule has 0 spiro atoms. The Morgan fingerprint density at radius 2 is 1.90 bits per heavy atom. The second-order valence-electron chi connectivity index (χ2n) is 4.34. The monoisotopic (exact) mass is 274 g/mol. The molecule has 0 fully saturated rings. The third-order valence-corrected chi connectivity index (χ3v) is 2.89. The molecule has 2 aromatic rings. The first-order valence-corrected chi connectivity index (χ1v) is 5.94. The number of aromatic nitrogens is 3. The van der Waals surface area contributed by atoms with Gasteiger partial charge in [-0.05, 0) is 17.7 Å². The molecule has 0 saturated heterocycles. The quantitative estimate of drug-likeness (QED) is 0.810. The van der Waals surface area contributed by atoms with Gasteiger partial charge in [-0.1, -0.05) is 0 Å². The second-order valence-corrected chi connectivity index (χ2v) is 4.34. The number of nitrogens with zero attached hydrogens (tertiary/aromatic N) is 3. The number of amides is 1. The molecule has 0 aromatic carbocycles. The molecule has 1 amide bonds. The average Bonchev–Trinajstić information content (AvgIpc) is 2.47. The lowest BCUT2D eigenvalue weighted by Gasteiger charge is -2.07. The topological polar surface area (TPSA) is 86.0 Å². The minimum atomic E-state index is -0.611. The largest absolute Gasteiger partial charge is 0.348 e. The number of nitrogens with one attached hydrogen (secondary N) is 1. The molecule has 20 heavy (non-hydrogen) atoms. The maximum Gasteiger partial charge on any atom is 0.330 e. The Hall–Kier alpha value is -2.70. The maximum absolute atomic E-state index is 12.0. The first-order valence-electron chi connectivity index (χ1n) is 5.94. The summed E-state index contributed by atoms with van der Waals surface area (Å²) in [4.78, 5) is 39.3. The lowest BCUT2D eigenvalue weighted by molar-refractivity contribution is 0.0947. The van der Waals surface area contributed by atoms with Crippen molar-refractivity contribution in [3.05, 3.63) is 62.7 Å². The number of aryl methyl sites for hydroxylation is 1. The van der Waals surface area contributed by atoms with Crippen molar-refractivity contribution in [1.82, 2.24) is 19.4 Å². The lowest BCUT2D eigenvalue weighted by atomic mass is 10.2. The minimum Gasteiger partial charge on any atom is -0.348 e. The normalized spacial score (nSPS) is 10.3. The van der Waals surface area contributed by atoms with Crippen LogP contribution in [0.25, 0.3) is 0 Å². The summed E-state index contributed by atoms with van der Waals surface area (Å²) in [5, 5.41) is 2.63. The molecule has 2 aromatic heterocycles. The molecule has 0 aliphatic carbocycles. The van der Waals surface area contributed by atoms with Crippen molar-refractivity contribution >= 4 is 5.91 Å². The molecule has 2 heterocycles. The third kappa shape index (κ3) is 2.66. The molecule has 2 rings (SSSR count). The van der Waals surface area contributed by atoms with E-state index in [-0.39, 0.29) is 12.1 Å². The van der Waals surface area contributed by atoms with E-state index in [1.807, 2.05) is 0 Å². The van der Waals surface area contributed by atoms with E-state index in [1.54, 1.807) is 24.5 Å². The molecule has 0 bridgehead atoms. The highest BCUT2D eigenvalue weighted by Gasteiger charge is 2.14. The highest BCUT2D eigenvalue weighted by atomic mass is 16.2. The Kier molecular flexibility index (Phi) is 3.79. The van der Waals surface area contributed by atoms with Crippen LogP contribution in [0.3, 0.4) is 0 Å².